The molecule has 0 aliphatic carbocycles. The van der Waals surface area contributed by atoms with E-state index in [1.54, 1.807) is 4.90 Å². The number of fused-ring (bicyclic) bond motifs is 1. The summed E-state index contributed by atoms with van der Waals surface area (Å²) in [4.78, 5) is 38.1. The molecule has 3 heterocycles. The minimum absolute atomic E-state index is 0.117. The molecular weight excluding hydrogens is 344 g/mol. The predicted molar refractivity (Wildman–Crippen MR) is 99.8 cm³/mol. The van der Waals surface area contributed by atoms with Crippen molar-refractivity contribution in [1.29, 1.82) is 0 Å². The standard InChI is InChI=1S/C20H26N4O3/c1-12-7-8-21-10-16(12)22-9-13-3-2-4-14-15(13)11-24(20(14)27)17-5-6-18(25)23-19(17)26/h2-4,12,16-17,21-22H,5-11H2,1H3,(H,23,25,26). The zero-order valence-corrected chi connectivity index (χ0v) is 15.6. The molecule has 7 heteroatoms. The maximum Gasteiger partial charge on any atom is 0.255 e. The third-order valence-electron chi connectivity index (χ3n) is 6.06. The van der Waals surface area contributed by atoms with E-state index in [0.717, 1.165) is 30.6 Å². The average molecular weight is 370 g/mol. The van der Waals surface area contributed by atoms with Gasteiger partial charge in [0.05, 0.1) is 0 Å². The minimum atomic E-state index is -0.564. The number of nitrogens with one attached hydrogen (secondary N) is 3. The van der Waals surface area contributed by atoms with Gasteiger partial charge in [-0.3, -0.25) is 19.7 Å². The van der Waals surface area contributed by atoms with Gasteiger partial charge in [0.2, 0.25) is 11.8 Å². The Bertz CT molecular complexity index is 778. The Balaban J connectivity index is 1.49. The van der Waals surface area contributed by atoms with Gasteiger partial charge in [-0.1, -0.05) is 19.1 Å². The van der Waals surface area contributed by atoms with Crippen molar-refractivity contribution in [2.45, 2.75) is 51.4 Å². The lowest BCUT2D eigenvalue weighted by molar-refractivity contribution is -0.136. The van der Waals surface area contributed by atoms with Crippen LogP contribution in [0.1, 0.15) is 47.7 Å². The van der Waals surface area contributed by atoms with Crippen LogP contribution in [0.4, 0.5) is 0 Å². The highest BCUT2D eigenvalue weighted by molar-refractivity contribution is 6.05. The Morgan fingerprint density at radius 1 is 1.22 bits per heavy atom. The molecule has 0 saturated carbocycles. The lowest BCUT2D eigenvalue weighted by Crippen LogP contribution is -2.52. The molecule has 3 aliphatic heterocycles. The Morgan fingerprint density at radius 3 is 2.85 bits per heavy atom. The predicted octanol–water partition coefficient (Wildman–Crippen LogP) is 0.535. The number of imide groups is 1. The van der Waals surface area contributed by atoms with Gasteiger partial charge in [0.15, 0.2) is 0 Å². The van der Waals surface area contributed by atoms with Crippen LogP contribution in [0.5, 0.6) is 0 Å². The monoisotopic (exact) mass is 370 g/mol. The minimum Gasteiger partial charge on any atom is -0.322 e. The fourth-order valence-corrected chi connectivity index (χ4v) is 4.32. The van der Waals surface area contributed by atoms with Crippen molar-refractivity contribution in [3.63, 3.8) is 0 Å². The molecule has 3 N–H and O–H groups in total. The van der Waals surface area contributed by atoms with Crippen molar-refractivity contribution >= 4 is 17.7 Å². The first kappa shape index (κ1) is 18.1. The Labute approximate surface area is 158 Å². The molecule has 2 saturated heterocycles. The highest BCUT2D eigenvalue weighted by Crippen LogP contribution is 2.30. The molecule has 0 radical (unpaired) electrons. The van der Waals surface area contributed by atoms with Crippen molar-refractivity contribution in [2.75, 3.05) is 13.1 Å². The zero-order chi connectivity index (χ0) is 19.0. The number of hydrogen-bond donors (Lipinski definition) is 3. The largest absolute Gasteiger partial charge is 0.322 e. The van der Waals surface area contributed by atoms with Crippen LogP contribution >= 0.6 is 0 Å². The van der Waals surface area contributed by atoms with E-state index in [0.29, 0.717) is 37.0 Å². The molecule has 1 aromatic rings. The summed E-state index contributed by atoms with van der Waals surface area (Å²) in [5.74, 6) is -0.131. The van der Waals surface area contributed by atoms with E-state index >= 15 is 0 Å². The van der Waals surface area contributed by atoms with Gasteiger partial charge in [-0.2, -0.15) is 0 Å². The molecule has 0 bridgehead atoms. The fourth-order valence-electron chi connectivity index (χ4n) is 4.32. The molecule has 0 spiro atoms. The van der Waals surface area contributed by atoms with Crippen LogP contribution in [0.25, 0.3) is 0 Å². The van der Waals surface area contributed by atoms with E-state index < -0.39 is 6.04 Å². The van der Waals surface area contributed by atoms with Gasteiger partial charge in [-0.15, -0.1) is 0 Å². The highest BCUT2D eigenvalue weighted by Gasteiger charge is 2.39. The van der Waals surface area contributed by atoms with Crippen molar-refractivity contribution in [3.8, 4) is 0 Å². The quantitative estimate of drug-likeness (QED) is 0.673. The summed E-state index contributed by atoms with van der Waals surface area (Å²) in [6.45, 7) is 5.42. The van der Waals surface area contributed by atoms with E-state index in [2.05, 4.69) is 22.9 Å². The molecule has 3 aliphatic rings. The van der Waals surface area contributed by atoms with Crippen LogP contribution in [0.2, 0.25) is 0 Å². The van der Waals surface area contributed by atoms with Crippen molar-refractivity contribution in [1.82, 2.24) is 20.9 Å². The van der Waals surface area contributed by atoms with Gasteiger partial charge in [0, 0.05) is 37.7 Å². The molecule has 0 aromatic heterocycles. The molecule has 3 amide bonds. The molecule has 3 unspecified atom stereocenters. The summed E-state index contributed by atoms with van der Waals surface area (Å²) in [5.41, 5.74) is 2.78. The summed E-state index contributed by atoms with van der Waals surface area (Å²) in [6, 6.07) is 5.64. The third kappa shape index (κ3) is 3.49. The molecular formula is C20H26N4O3. The van der Waals surface area contributed by atoms with Gasteiger partial charge in [0.25, 0.3) is 5.91 Å². The van der Waals surface area contributed by atoms with Gasteiger partial charge in [-0.25, -0.2) is 0 Å². The van der Waals surface area contributed by atoms with Crippen LogP contribution in [0.3, 0.4) is 0 Å². The van der Waals surface area contributed by atoms with Gasteiger partial charge in [-0.05, 0) is 42.5 Å². The zero-order valence-electron chi connectivity index (χ0n) is 15.6. The first-order valence-electron chi connectivity index (χ1n) is 9.74. The first-order chi connectivity index (χ1) is 13.0. The van der Waals surface area contributed by atoms with E-state index in [-0.39, 0.29) is 24.1 Å². The molecule has 7 nitrogen and oxygen atoms in total. The molecule has 1 aromatic carbocycles. The second kappa shape index (κ2) is 7.40. The molecule has 2 fully saturated rings. The van der Waals surface area contributed by atoms with E-state index in [1.165, 1.54) is 0 Å². The molecule has 27 heavy (non-hydrogen) atoms. The number of carbonyl (C=O) groups is 3. The maximum absolute atomic E-state index is 12.9. The summed E-state index contributed by atoms with van der Waals surface area (Å²) >= 11 is 0. The molecule has 144 valence electrons. The van der Waals surface area contributed by atoms with E-state index in [4.69, 9.17) is 0 Å². The lowest BCUT2D eigenvalue weighted by atomic mass is 9.94. The van der Waals surface area contributed by atoms with Crippen LogP contribution in [-0.2, 0) is 22.7 Å². The van der Waals surface area contributed by atoms with Crippen molar-refractivity contribution < 1.29 is 14.4 Å². The van der Waals surface area contributed by atoms with Crippen LogP contribution in [0, 0.1) is 5.92 Å². The number of benzene rings is 1. The number of rotatable bonds is 4. The second-order valence-corrected chi connectivity index (χ2v) is 7.80. The number of amides is 3. The Morgan fingerprint density at radius 2 is 2.07 bits per heavy atom. The van der Waals surface area contributed by atoms with Crippen LogP contribution in [-0.4, -0.2) is 47.8 Å². The van der Waals surface area contributed by atoms with Crippen LogP contribution in [0.15, 0.2) is 18.2 Å². The first-order valence-corrected chi connectivity index (χ1v) is 9.74. The molecule has 3 atom stereocenters. The van der Waals surface area contributed by atoms with Gasteiger partial charge < -0.3 is 15.5 Å². The summed E-state index contributed by atoms with van der Waals surface area (Å²) in [5, 5.41) is 9.40. The van der Waals surface area contributed by atoms with Gasteiger partial charge >= 0.3 is 0 Å². The van der Waals surface area contributed by atoms with E-state index in [9.17, 15) is 14.4 Å². The van der Waals surface area contributed by atoms with Crippen molar-refractivity contribution in [2.24, 2.45) is 5.92 Å². The van der Waals surface area contributed by atoms with Crippen molar-refractivity contribution in [3.05, 3.63) is 34.9 Å². The van der Waals surface area contributed by atoms with Gasteiger partial charge in [0.1, 0.15) is 6.04 Å². The Kier molecular flexibility index (Phi) is 4.97. The number of hydrogen-bond acceptors (Lipinski definition) is 5. The fraction of sp³-hybridized carbons (Fsp3) is 0.550. The number of nitrogens with zero attached hydrogens (tertiary/aromatic N) is 1. The lowest BCUT2D eigenvalue weighted by Gasteiger charge is -2.31. The van der Waals surface area contributed by atoms with Crippen LogP contribution < -0.4 is 16.0 Å². The smallest absolute Gasteiger partial charge is 0.255 e. The summed E-state index contributed by atoms with van der Waals surface area (Å²) < 4.78 is 0. The molecule has 4 rings (SSSR count). The second-order valence-electron chi connectivity index (χ2n) is 7.80. The average Bonchev–Trinajstić information content (AvgIpc) is 2.98. The SMILES string of the molecule is CC1CCNCC1NCc1cccc2c1CN(C1CCC(=O)NC1=O)C2=O. The third-order valence-corrected chi connectivity index (χ3v) is 6.06. The maximum atomic E-state index is 12.9. The topological polar surface area (TPSA) is 90.5 Å². The summed E-state index contributed by atoms with van der Waals surface area (Å²) in [7, 11) is 0. The number of carbonyl (C=O) groups excluding carboxylic acids is 3. The number of piperidine rings is 2. The summed E-state index contributed by atoms with van der Waals surface area (Å²) in [6.07, 6.45) is 1.83. The highest BCUT2D eigenvalue weighted by atomic mass is 16.2. The van der Waals surface area contributed by atoms with E-state index in [1.807, 2.05) is 18.2 Å². The Hall–Kier alpha value is -2.25. The normalized spacial score (nSPS) is 28.3.